The van der Waals surface area contributed by atoms with E-state index in [-0.39, 0.29) is 6.61 Å². The molecule has 3 aromatic rings. The van der Waals surface area contributed by atoms with E-state index in [1.807, 2.05) is 28.8 Å². The minimum absolute atomic E-state index is 0.182. The quantitative estimate of drug-likeness (QED) is 0.593. The summed E-state index contributed by atoms with van der Waals surface area (Å²) in [6, 6.07) is 14.6. The molecule has 0 saturated heterocycles. The third-order valence-corrected chi connectivity index (χ3v) is 4.85. The Morgan fingerprint density at radius 2 is 2.00 bits per heavy atom. The number of ether oxygens (including phenoxy) is 2. The average Bonchev–Trinajstić information content (AvgIpc) is 3.14. The molecule has 2 aromatic carbocycles. The Bertz CT molecular complexity index is 842. The fourth-order valence-electron chi connectivity index (χ4n) is 2.20. The third-order valence-electron chi connectivity index (χ3n) is 3.51. The lowest BCUT2D eigenvalue weighted by molar-refractivity contribution is 0.126. The van der Waals surface area contributed by atoms with Gasteiger partial charge in [-0.15, -0.1) is 10.2 Å². The minimum atomic E-state index is -0.647. The number of thioether (sulfide) groups is 1. The Morgan fingerprint density at radius 1 is 1.19 bits per heavy atom. The Hall–Kier alpha value is -2.22. The van der Waals surface area contributed by atoms with Crippen LogP contribution in [0.4, 0.5) is 0 Å². The predicted octanol–water partition coefficient (Wildman–Crippen LogP) is 3.46. The highest BCUT2D eigenvalue weighted by molar-refractivity contribution is 7.99. The summed E-state index contributed by atoms with van der Waals surface area (Å²) in [7, 11) is 1.62. The number of hydrogen-bond donors (Lipinski definition) is 1. The van der Waals surface area contributed by atoms with Gasteiger partial charge >= 0.3 is 0 Å². The first-order valence-corrected chi connectivity index (χ1v) is 9.26. The molecule has 1 heterocycles. The van der Waals surface area contributed by atoms with Gasteiger partial charge in [0.2, 0.25) is 0 Å². The van der Waals surface area contributed by atoms with Crippen LogP contribution in [-0.4, -0.2) is 45.4 Å². The summed E-state index contributed by atoms with van der Waals surface area (Å²) in [5, 5.41) is 19.6. The highest BCUT2D eigenvalue weighted by Crippen LogP contribution is 2.23. The number of benzene rings is 2. The summed E-state index contributed by atoms with van der Waals surface area (Å²) in [5.74, 6) is 1.84. The fraction of sp³-hybridized carbons (Fsp3) is 0.222. The van der Waals surface area contributed by atoms with E-state index < -0.39 is 6.10 Å². The number of methoxy groups -OCH3 is 1. The van der Waals surface area contributed by atoms with Gasteiger partial charge in [-0.25, -0.2) is 0 Å². The van der Waals surface area contributed by atoms with Crippen LogP contribution < -0.4 is 9.47 Å². The number of hydrogen-bond acceptors (Lipinski definition) is 6. The number of nitrogens with zero attached hydrogens (tertiary/aromatic N) is 3. The minimum Gasteiger partial charge on any atom is -0.497 e. The van der Waals surface area contributed by atoms with Crippen molar-refractivity contribution in [3.8, 4) is 17.2 Å². The number of halogens is 1. The molecule has 0 unspecified atom stereocenters. The van der Waals surface area contributed by atoms with Crippen LogP contribution in [0.5, 0.6) is 11.5 Å². The first-order chi connectivity index (χ1) is 12.7. The van der Waals surface area contributed by atoms with Gasteiger partial charge in [0.1, 0.15) is 24.4 Å². The van der Waals surface area contributed by atoms with Crippen LogP contribution in [0.1, 0.15) is 0 Å². The van der Waals surface area contributed by atoms with Gasteiger partial charge in [-0.3, -0.25) is 4.57 Å². The monoisotopic (exact) mass is 391 g/mol. The van der Waals surface area contributed by atoms with Crippen molar-refractivity contribution in [1.29, 1.82) is 0 Å². The lowest BCUT2D eigenvalue weighted by Gasteiger charge is -2.12. The van der Waals surface area contributed by atoms with E-state index in [9.17, 15) is 5.11 Å². The standard InChI is InChI=1S/C18H18ClN3O3S/c1-24-17-4-2-3-14(9-17)22-12-20-21-18(22)26-11-15(23)10-25-16-7-5-13(19)6-8-16/h2-9,12,15,23H,10-11H2,1H3/t15-/m0/s1. The van der Waals surface area contributed by atoms with Crippen LogP contribution in [0, 0.1) is 0 Å². The van der Waals surface area contributed by atoms with Gasteiger partial charge in [0.05, 0.1) is 18.9 Å². The molecule has 8 heteroatoms. The van der Waals surface area contributed by atoms with Gasteiger partial charge in [0.25, 0.3) is 0 Å². The molecular weight excluding hydrogens is 374 g/mol. The van der Waals surface area contributed by atoms with Crippen LogP contribution in [0.25, 0.3) is 5.69 Å². The first kappa shape index (κ1) is 18.6. The second-order valence-electron chi connectivity index (χ2n) is 5.41. The van der Waals surface area contributed by atoms with E-state index in [1.54, 1.807) is 37.7 Å². The number of aliphatic hydroxyl groups is 1. The SMILES string of the molecule is COc1cccc(-n2cnnc2SC[C@@H](O)COc2ccc(Cl)cc2)c1. The molecular formula is C18H18ClN3O3S. The molecule has 0 aliphatic heterocycles. The highest BCUT2D eigenvalue weighted by atomic mass is 35.5. The van der Waals surface area contributed by atoms with Crippen molar-refractivity contribution in [2.75, 3.05) is 19.5 Å². The lowest BCUT2D eigenvalue weighted by Crippen LogP contribution is -2.20. The van der Waals surface area contributed by atoms with E-state index in [0.717, 1.165) is 11.4 Å². The number of aromatic nitrogens is 3. The molecule has 26 heavy (non-hydrogen) atoms. The van der Waals surface area contributed by atoms with Crippen LogP contribution in [0.2, 0.25) is 5.02 Å². The first-order valence-electron chi connectivity index (χ1n) is 7.89. The Labute approximate surface area is 160 Å². The van der Waals surface area contributed by atoms with E-state index in [0.29, 0.717) is 21.7 Å². The van der Waals surface area contributed by atoms with E-state index >= 15 is 0 Å². The average molecular weight is 392 g/mol. The smallest absolute Gasteiger partial charge is 0.195 e. The molecule has 0 bridgehead atoms. The van der Waals surface area contributed by atoms with Crippen LogP contribution >= 0.6 is 23.4 Å². The van der Waals surface area contributed by atoms with Crippen molar-refractivity contribution < 1.29 is 14.6 Å². The second-order valence-corrected chi connectivity index (χ2v) is 6.84. The molecule has 6 nitrogen and oxygen atoms in total. The van der Waals surface area contributed by atoms with Crippen LogP contribution in [0.3, 0.4) is 0 Å². The zero-order chi connectivity index (χ0) is 18.4. The highest BCUT2D eigenvalue weighted by Gasteiger charge is 2.12. The maximum absolute atomic E-state index is 10.2. The molecule has 0 saturated carbocycles. The fourth-order valence-corrected chi connectivity index (χ4v) is 3.16. The van der Waals surface area contributed by atoms with Gasteiger partial charge in [-0.1, -0.05) is 29.4 Å². The Morgan fingerprint density at radius 3 is 2.77 bits per heavy atom. The van der Waals surface area contributed by atoms with Gasteiger partial charge in [0.15, 0.2) is 5.16 Å². The van der Waals surface area contributed by atoms with Crippen molar-refractivity contribution in [2.45, 2.75) is 11.3 Å². The van der Waals surface area contributed by atoms with Crippen molar-refractivity contribution >= 4 is 23.4 Å². The van der Waals surface area contributed by atoms with Crippen LogP contribution in [-0.2, 0) is 0 Å². The largest absolute Gasteiger partial charge is 0.497 e. The lowest BCUT2D eigenvalue weighted by atomic mass is 10.3. The third kappa shape index (κ3) is 4.91. The summed E-state index contributed by atoms with van der Waals surface area (Å²) in [4.78, 5) is 0. The van der Waals surface area contributed by atoms with E-state index in [2.05, 4.69) is 10.2 Å². The second kappa shape index (κ2) is 8.93. The molecule has 3 rings (SSSR count). The molecule has 1 atom stereocenters. The Balaban J connectivity index is 1.56. The van der Waals surface area contributed by atoms with Crippen LogP contribution in [0.15, 0.2) is 60.0 Å². The molecule has 0 radical (unpaired) electrons. The normalized spacial score (nSPS) is 12.0. The predicted molar refractivity (Wildman–Crippen MR) is 102 cm³/mol. The van der Waals surface area contributed by atoms with Crippen molar-refractivity contribution in [1.82, 2.24) is 14.8 Å². The van der Waals surface area contributed by atoms with Gasteiger partial charge in [-0.05, 0) is 36.4 Å². The molecule has 0 amide bonds. The summed E-state index contributed by atoms with van der Waals surface area (Å²) >= 11 is 7.24. The molecule has 0 fully saturated rings. The zero-order valence-corrected chi connectivity index (χ0v) is 15.7. The maximum atomic E-state index is 10.2. The van der Waals surface area contributed by atoms with Gasteiger partial charge in [-0.2, -0.15) is 0 Å². The summed E-state index contributed by atoms with van der Waals surface area (Å²) in [5.41, 5.74) is 0.892. The molecule has 1 aromatic heterocycles. The van der Waals surface area contributed by atoms with Crippen molar-refractivity contribution in [3.63, 3.8) is 0 Å². The van der Waals surface area contributed by atoms with Gasteiger partial charge in [0, 0.05) is 16.8 Å². The maximum Gasteiger partial charge on any atom is 0.195 e. The van der Waals surface area contributed by atoms with Crippen molar-refractivity contribution in [3.05, 3.63) is 59.9 Å². The summed E-state index contributed by atoms with van der Waals surface area (Å²) < 4.78 is 12.7. The topological polar surface area (TPSA) is 69.4 Å². The zero-order valence-electron chi connectivity index (χ0n) is 14.1. The molecule has 0 aliphatic rings. The molecule has 0 spiro atoms. The summed E-state index contributed by atoms with van der Waals surface area (Å²) in [6.07, 6.45) is 0.986. The number of rotatable bonds is 8. The Kier molecular flexibility index (Phi) is 6.38. The molecule has 0 aliphatic carbocycles. The van der Waals surface area contributed by atoms with Crippen molar-refractivity contribution in [2.24, 2.45) is 0 Å². The number of aliphatic hydroxyl groups excluding tert-OH is 1. The molecule has 1 N–H and O–H groups in total. The summed E-state index contributed by atoms with van der Waals surface area (Å²) in [6.45, 7) is 0.182. The van der Waals surface area contributed by atoms with E-state index in [1.165, 1.54) is 11.8 Å². The molecule has 136 valence electrons. The van der Waals surface area contributed by atoms with Gasteiger partial charge < -0.3 is 14.6 Å². The van der Waals surface area contributed by atoms with E-state index in [4.69, 9.17) is 21.1 Å².